The maximum absolute atomic E-state index is 14.3. The van der Waals surface area contributed by atoms with Crippen LogP contribution in [0.5, 0.6) is 28.7 Å². The van der Waals surface area contributed by atoms with Gasteiger partial charge in [0.2, 0.25) is 5.78 Å². The molecule has 6 nitrogen and oxygen atoms in total. The van der Waals surface area contributed by atoms with E-state index < -0.39 is 5.60 Å². The predicted molar refractivity (Wildman–Crippen MR) is 158 cm³/mol. The molecule has 0 aromatic heterocycles. The van der Waals surface area contributed by atoms with Crippen molar-refractivity contribution in [3.8, 4) is 28.7 Å². The quantitative estimate of drug-likeness (QED) is 0.158. The second-order valence-corrected chi connectivity index (χ2v) is 9.59. The van der Waals surface area contributed by atoms with Gasteiger partial charge in [-0.1, -0.05) is 68.3 Å². The van der Waals surface area contributed by atoms with E-state index in [0.29, 0.717) is 46.5 Å². The lowest BCUT2D eigenvalue weighted by molar-refractivity contribution is 0.103. The van der Waals surface area contributed by atoms with Crippen LogP contribution in [-0.2, 0) is 6.61 Å². The summed E-state index contributed by atoms with van der Waals surface area (Å²) in [5, 5.41) is 0. The van der Waals surface area contributed by atoms with Crippen LogP contribution in [0.1, 0.15) is 40.9 Å². The molecular weight excluding hydrogens is 504 g/mol. The molecule has 0 aliphatic carbocycles. The number of benzene rings is 3. The van der Waals surface area contributed by atoms with Crippen LogP contribution in [0.2, 0.25) is 0 Å². The molecule has 1 aliphatic heterocycles. The Morgan fingerprint density at radius 3 is 2.20 bits per heavy atom. The minimum atomic E-state index is -0.573. The van der Waals surface area contributed by atoms with Crippen LogP contribution in [0.3, 0.4) is 0 Å². The standard InChI is InChI=1S/C34H34O6/c1-6-18-36-29-15-14-25(39-23-24-12-10-9-11-13-24)21-27(29)31(35)28-22-30(37-19-7-2)33-26(32(28)38-20-8-3)16-17-34(4,5)40-33/h6-17,21-22H,1-3,18-20,23H2,4-5H3. The normalized spacial score (nSPS) is 12.8. The van der Waals surface area contributed by atoms with Gasteiger partial charge in [0.15, 0.2) is 11.5 Å². The minimum Gasteiger partial charge on any atom is -0.489 e. The highest BCUT2D eigenvalue weighted by molar-refractivity contribution is 6.13. The van der Waals surface area contributed by atoms with Crippen LogP contribution in [0.4, 0.5) is 0 Å². The first kappa shape index (κ1) is 28.3. The van der Waals surface area contributed by atoms with Crippen molar-refractivity contribution < 1.29 is 28.5 Å². The summed E-state index contributed by atoms with van der Waals surface area (Å²) in [6.07, 6.45) is 8.68. The SMILES string of the molecule is C=CCOc1ccc(OCc2ccccc2)cc1C(=O)c1cc(OCC=C)c2c(c1OCC=C)C=CC(C)(C)O2. The number of carbonyl (C=O) groups is 1. The van der Waals surface area contributed by atoms with E-state index in [1.807, 2.05) is 56.3 Å². The number of hydrogen-bond donors (Lipinski definition) is 0. The molecule has 0 fully saturated rings. The Balaban J connectivity index is 1.82. The highest BCUT2D eigenvalue weighted by Crippen LogP contribution is 2.47. The molecular formula is C34H34O6. The van der Waals surface area contributed by atoms with Gasteiger partial charge in [0.1, 0.15) is 49.3 Å². The fraction of sp³-hybridized carbons (Fsp3) is 0.206. The summed E-state index contributed by atoms with van der Waals surface area (Å²) in [7, 11) is 0. The molecule has 1 aliphatic rings. The molecule has 0 atom stereocenters. The molecule has 3 aromatic carbocycles. The topological polar surface area (TPSA) is 63.2 Å². The van der Waals surface area contributed by atoms with Gasteiger partial charge in [0.05, 0.1) is 16.7 Å². The van der Waals surface area contributed by atoms with Crippen LogP contribution < -0.4 is 23.7 Å². The maximum atomic E-state index is 14.3. The van der Waals surface area contributed by atoms with E-state index in [1.54, 1.807) is 42.5 Å². The van der Waals surface area contributed by atoms with Gasteiger partial charge >= 0.3 is 0 Å². The number of hydrogen-bond acceptors (Lipinski definition) is 6. The van der Waals surface area contributed by atoms with Gasteiger partial charge in [-0.05, 0) is 55.8 Å². The van der Waals surface area contributed by atoms with Gasteiger partial charge in [0, 0.05) is 0 Å². The van der Waals surface area contributed by atoms with Crippen LogP contribution in [0, 0.1) is 0 Å². The first-order valence-electron chi connectivity index (χ1n) is 13.0. The second kappa shape index (κ2) is 12.9. The fourth-order valence-electron chi connectivity index (χ4n) is 4.14. The van der Waals surface area contributed by atoms with Crippen LogP contribution in [0.25, 0.3) is 6.08 Å². The van der Waals surface area contributed by atoms with Gasteiger partial charge in [0.25, 0.3) is 0 Å². The number of fused-ring (bicyclic) bond motifs is 1. The van der Waals surface area contributed by atoms with Crippen molar-refractivity contribution in [3.63, 3.8) is 0 Å². The van der Waals surface area contributed by atoms with E-state index in [4.69, 9.17) is 23.7 Å². The summed E-state index contributed by atoms with van der Waals surface area (Å²) in [5.41, 5.74) is 1.64. The van der Waals surface area contributed by atoms with E-state index in [1.165, 1.54) is 0 Å². The van der Waals surface area contributed by atoms with Crippen molar-refractivity contribution in [2.24, 2.45) is 0 Å². The number of ether oxygens (including phenoxy) is 5. The first-order chi connectivity index (χ1) is 19.4. The number of carbonyl (C=O) groups excluding carboxylic acids is 1. The highest BCUT2D eigenvalue weighted by Gasteiger charge is 2.32. The van der Waals surface area contributed by atoms with E-state index >= 15 is 0 Å². The van der Waals surface area contributed by atoms with Crippen molar-refractivity contribution in [1.29, 1.82) is 0 Å². The van der Waals surface area contributed by atoms with Gasteiger partial charge in [-0.3, -0.25) is 4.79 Å². The Hall–Kier alpha value is -4.71. The first-order valence-corrected chi connectivity index (χ1v) is 13.0. The molecule has 0 bridgehead atoms. The van der Waals surface area contributed by atoms with Crippen LogP contribution in [0.15, 0.2) is 98.6 Å². The number of ketones is 1. The van der Waals surface area contributed by atoms with Crippen molar-refractivity contribution in [2.45, 2.75) is 26.1 Å². The second-order valence-electron chi connectivity index (χ2n) is 9.59. The third kappa shape index (κ3) is 6.64. The van der Waals surface area contributed by atoms with Crippen molar-refractivity contribution >= 4 is 11.9 Å². The molecule has 40 heavy (non-hydrogen) atoms. The van der Waals surface area contributed by atoms with E-state index in [0.717, 1.165) is 5.56 Å². The largest absolute Gasteiger partial charge is 0.489 e. The molecule has 1 heterocycles. The van der Waals surface area contributed by atoms with Crippen molar-refractivity contribution in [2.75, 3.05) is 19.8 Å². The lowest BCUT2D eigenvalue weighted by atomic mass is 9.94. The van der Waals surface area contributed by atoms with Gasteiger partial charge in [-0.2, -0.15) is 0 Å². The summed E-state index contributed by atoms with van der Waals surface area (Å²) in [4.78, 5) is 14.3. The Morgan fingerprint density at radius 2 is 1.50 bits per heavy atom. The number of rotatable bonds is 14. The summed E-state index contributed by atoms with van der Waals surface area (Å²) in [5.74, 6) is 1.86. The summed E-state index contributed by atoms with van der Waals surface area (Å²) in [6.45, 7) is 16.1. The van der Waals surface area contributed by atoms with Gasteiger partial charge < -0.3 is 23.7 Å². The summed E-state index contributed by atoms with van der Waals surface area (Å²) < 4.78 is 30.2. The molecule has 0 unspecified atom stereocenters. The maximum Gasteiger partial charge on any atom is 0.200 e. The molecule has 0 spiro atoms. The molecule has 4 rings (SSSR count). The van der Waals surface area contributed by atoms with Crippen molar-refractivity contribution in [1.82, 2.24) is 0 Å². The highest BCUT2D eigenvalue weighted by atomic mass is 16.5. The molecule has 3 aromatic rings. The molecule has 0 N–H and O–H groups in total. The lowest BCUT2D eigenvalue weighted by Crippen LogP contribution is -2.28. The smallest absolute Gasteiger partial charge is 0.200 e. The Kier molecular flexibility index (Phi) is 9.12. The summed E-state index contributed by atoms with van der Waals surface area (Å²) in [6, 6.07) is 16.6. The minimum absolute atomic E-state index is 0.191. The van der Waals surface area contributed by atoms with Gasteiger partial charge in [-0.25, -0.2) is 0 Å². The Labute approximate surface area is 235 Å². The van der Waals surface area contributed by atoms with Gasteiger partial charge in [-0.15, -0.1) is 0 Å². The summed E-state index contributed by atoms with van der Waals surface area (Å²) >= 11 is 0. The zero-order valence-electron chi connectivity index (χ0n) is 23.0. The molecule has 0 saturated carbocycles. The average molecular weight is 539 g/mol. The van der Waals surface area contributed by atoms with Crippen LogP contribution in [-0.4, -0.2) is 31.2 Å². The van der Waals surface area contributed by atoms with E-state index in [2.05, 4.69) is 19.7 Å². The molecule has 0 amide bonds. The predicted octanol–water partition coefficient (Wildman–Crippen LogP) is 7.38. The molecule has 0 radical (unpaired) electrons. The monoisotopic (exact) mass is 538 g/mol. The Morgan fingerprint density at radius 1 is 0.825 bits per heavy atom. The lowest BCUT2D eigenvalue weighted by Gasteiger charge is -2.31. The third-order valence-electron chi connectivity index (χ3n) is 6.00. The third-order valence-corrected chi connectivity index (χ3v) is 6.00. The molecule has 206 valence electrons. The zero-order valence-corrected chi connectivity index (χ0v) is 23.0. The molecule has 0 saturated heterocycles. The zero-order chi connectivity index (χ0) is 28.5. The Bertz CT molecular complexity index is 1420. The van der Waals surface area contributed by atoms with E-state index in [9.17, 15) is 4.79 Å². The van der Waals surface area contributed by atoms with Crippen LogP contribution >= 0.6 is 0 Å². The molecule has 6 heteroatoms. The average Bonchev–Trinajstić information content (AvgIpc) is 2.96. The van der Waals surface area contributed by atoms with Crippen molar-refractivity contribution in [3.05, 3.63) is 121 Å². The fourth-order valence-corrected chi connectivity index (χ4v) is 4.14. The van der Waals surface area contributed by atoms with E-state index in [-0.39, 0.29) is 31.2 Å².